The minimum Gasteiger partial charge on any atom is -0.467 e. The van der Waals surface area contributed by atoms with Gasteiger partial charge in [0, 0.05) is 6.54 Å². The molecule has 0 aliphatic carbocycles. The molecule has 0 bridgehead atoms. The number of methoxy groups -OCH3 is 1. The van der Waals surface area contributed by atoms with Crippen molar-refractivity contribution in [3.63, 3.8) is 0 Å². The summed E-state index contributed by atoms with van der Waals surface area (Å²) >= 11 is 0. The summed E-state index contributed by atoms with van der Waals surface area (Å²) < 4.78 is 14.8. The van der Waals surface area contributed by atoms with E-state index in [4.69, 9.17) is 9.15 Å². The van der Waals surface area contributed by atoms with Crippen LogP contribution in [0.25, 0.3) is 0 Å². The van der Waals surface area contributed by atoms with Crippen molar-refractivity contribution in [3.8, 4) is 0 Å². The topological polar surface area (TPSA) is 69.0 Å². The van der Waals surface area contributed by atoms with Crippen LogP contribution in [0.3, 0.4) is 0 Å². The van der Waals surface area contributed by atoms with E-state index in [2.05, 4.69) is 4.74 Å². The Morgan fingerprint density at radius 2 is 2.35 bits per heavy atom. The van der Waals surface area contributed by atoms with Gasteiger partial charge < -0.3 is 18.8 Å². The normalized spacial score (nSPS) is 20.1. The number of amides is 1. The van der Waals surface area contributed by atoms with E-state index in [1.165, 1.54) is 18.3 Å². The smallest absolute Gasteiger partial charge is 0.331 e. The second-order valence-electron chi connectivity index (χ2n) is 3.59. The Balaban J connectivity index is 2.16. The monoisotopic (exact) mass is 239 g/mol. The molecule has 0 saturated carbocycles. The summed E-state index contributed by atoms with van der Waals surface area (Å²) in [5.74, 6) is -0.598. The zero-order valence-corrected chi connectivity index (χ0v) is 9.42. The van der Waals surface area contributed by atoms with Crippen molar-refractivity contribution in [2.24, 2.45) is 0 Å². The van der Waals surface area contributed by atoms with Crippen molar-refractivity contribution < 1.29 is 23.5 Å². The third-order valence-corrected chi connectivity index (χ3v) is 2.59. The first-order valence-electron chi connectivity index (χ1n) is 5.24. The maximum Gasteiger partial charge on any atom is 0.331 e. The van der Waals surface area contributed by atoms with Crippen LogP contribution < -0.4 is 0 Å². The fourth-order valence-corrected chi connectivity index (χ4v) is 1.72. The highest BCUT2D eigenvalue weighted by molar-refractivity contribution is 5.94. The third kappa shape index (κ3) is 2.31. The van der Waals surface area contributed by atoms with Crippen molar-refractivity contribution in [1.29, 1.82) is 0 Å². The van der Waals surface area contributed by atoms with Crippen molar-refractivity contribution in [2.75, 3.05) is 26.9 Å². The number of hydrogen-bond donors (Lipinski definition) is 0. The van der Waals surface area contributed by atoms with Gasteiger partial charge in [-0.3, -0.25) is 4.79 Å². The molecule has 0 spiro atoms. The molecule has 1 aliphatic heterocycles. The van der Waals surface area contributed by atoms with E-state index in [-0.39, 0.29) is 18.3 Å². The van der Waals surface area contributed by atoms with Crippen LogP contribution in [0.5, 0.6) is 0 Å². The number of hydrogen-bond acceptors (Lipinski definition) is 5. The van der Waals surface area contributed by atoms with Crippen molar-refractivity contribution in [3.05, 3.63) is 24.2 Å². The van der Waals surface area contributed by atoms with Crippen LogP contribution in [0.15, 0.2) is 22.8 Å². The van der Waals surface area contributed by atoms with Crippen LogP contribution in [0, 0.1) is 0 Å². The van der Waals surface area contributed by atoms with Crippen LogP contribution >= 0.6 is 0 Å². The SMILES string of the molecule is COC(=O)C1COCCN1C(=O)c1ccco1. The van der Waals surface area contributed by atoms with E-state index in [1.54, 1.807) is 12.1 Å². The second-order valence-corrected chi connectivity index (χ2v) is 3.59. The van der Waals surface area contributed by atoms with Gasteiger partial charge in [0.2, 0.25) is 0 Å². The second kappa shape index (κ2) is 5.01. The summed E-state index contributed by atoms with van der Waals surface area (Å²) in [6.07, 6.45) is 1.42. The molecule has 0 aromatic carbocycles. The van der Waals surface area contributed by atoms with Gasteiger partial charge in [-0.1, -0.05) is 0 Å². The molecule has 2 rings (SSSR count). The van der Waals surface area contributed by atoms with E-state index in [9.17, 15) is 9.59 Å². The number of furan rings is 1. The highest BCUT2D eigenvalue weighted by Gasteiger charge is 2.34. The molecular formula is C11H13NO5. The Morgan fingerprint density at radius 1 is 1.53 bits per heavy atom. The molecule has 0 radical (unpaired) electrons. The summed E-state index contributed by atoms with van der Waals surface area (Å²) in [4.78, 5) is 25.0. The Morgan fingerprint density at radius 3 is 3.00 bits per heavy atom. The molecule has 2 heterocycles. The minimum absolute atomic E-state index is 0.152. The number of carbonyl (C=O) groups excluding carboxylic acids is 2. The van der Waals surface area contributed by atoms with Gasteiger partial charge in [-0.15, -0.1) is 0 Å². The number of esters is 1. The van der Waals surface area contributed by atoms with E-state index in [0.29, 0.717) is 13.2 Å². The van der Waals surface area contributed by atoms with Gasteiger partial charge in [-0.2, -0.15) is 0 Å². The molecule has 17 heavy (non-hydrogen) atoms. The molecule has 1 amide bonds. The Hall–Kier alpha value is -1.82. The maximum atomic E-state index is 12.1. The zero-order valence-electron chi connectivity index (χ0n) is 9.42. The lowest BCUT2D eigenvalue weighted by molar-refractivity contribution is -0.151. The predicted octanol–water partition coefficient (Wildman–Crippen LogP) is 0.294. The summed E-state index contributed by atoms with van der Waals surface area (Å²) in [5, 5.41) is 0. The number of nitrogens with zero attached hydrogens (tertiary/aromatic N) is 1. The highest BCUT2D eigenvalue weighted by atomic mass is 16.5. The molecule has 1 saturated heterocycles. The molecule has 1 atom stereocenters. The number of morpholine rings is 1. The maximum absolute atomic E-state index is 12.1. The molecule has 1 fully saturated rings. The molecule has 1 unspecified atom stereocenters. The van der Waals surface area contributed by atoms with Gasteiger partial charge in [0.25, 0.3) is 5.91 Å². The molecule has 1 aromatic heterocycles. The van der Waals surface area contributed by atoms with Crippen molar-refractivity contribution in [2.45, 2.75) is 6.04 Å². The predicted molar refractivity (Wildman–Crippen MR) is 56.4 cm³/mol. The van der Waals surface area contributed by atoms with Crippen LogP contribution in [0.4, 0.5) is 0 Å². The molecule has 6 nitrogen and oxygen atoms in total. The quantitative estimate of drug-likeness (QED) is 0.694. The first-order chi connectivity index (χ1) is 8.24. The molecular weight excluding hydrogens is 226 g/mol. The first-order valence-corrected chi connectivity index (χ1v) is 5.24. The molecule has 92 valence electrons. The van der Waals surface area contributed by atoms with E-state index >= 15 is 0 Å². The third-order valence-electron chi connectivity index (χ3n) is 2.59. The van der Waals surface area contributed by atoms with Crippen molar-refractivity contribution >= 4 is 11.9 Å². The van der Waals surface area contributed by atoms with Gasteiger partial charge in [-0.25, -0.2) is 4.79 Å². The molecule has 0 N–H and O–H groups in total. The minimum atomic E-state index is -0.702. The average Bonchev–Trinajstić information content (AvgIpc) is 2.91. The molecule has 6 heteroatoms. The number of carbonyl (C=O) groups is 2. The van der Waals surface area contributed by atoms with Gasteiger partial charge in [0.15, 0.2) is 11.8 Å². The fraction of sp³-hybridized carbons (Fsp3) is 0.455. The summed E-state index contributed by atoms with van der Waals surface area (Å²) in [6.45, 7) is 0.901. The summed E-state index contributed by atoms with van der Waals surface area (Å²) in [5.41, 5.74) is 0. The Bertz CT molecular complexity index is 400. The first kappa shape index (κ1) is 11.7. The lowest BCUT2D eigenvalue weighted by Gasteiger charge is -2.32. The van der Waals surface area contributed by atoms with Gasteiger partial charge in [-0.05, 0) is 12.1 Å². The lowest BCUT2D eigenvalue weighted by Crippen LogP contribution is -2.52. The molecule has 1 aromatic rings. The summed E-state index contributed by atoms with van der Waals surface area (Å²) in [7, 11) is 1.28. The average molecular weight is 239 g/mol. The standard InChI is InChI=1S/C11H13NO5/c1-15-11(14)8-7-16-6-4-12(8)10(13)9-3-2-5-17-9/h2-3,5,8H,4,6-7H2,1H3. The van der Waals surface area contributed by atoms with Gasteiger partial charge in [0.05, 0.1) is 26.6 Å². The van der Waals surface area contributed by atoms with E-state index in [0.717, 1.165) is 0 Å². The van der Waals surface area contributed by atoms with Crippen LogP contribution in [-0.2, 0) is 14.3 Å². The van der Waals surface area contributed by atoms with Crippen LogP contribution in [0.1, 0.15) is 10.6 Å². The van der Waals surface area contributed by atoms with Gasteiger partial charge >= 0.3 is 5.97 Å². The van der Waals surface area contributed by atoms with E-state index < -0.39 is 12.0 Å². The highest BCUT2D eigenvalue weighted by Crippen LogP contribution is 2.13. The Kier molecular flexibility index (Phi) is 3.43. The number of rotatable bonds is 2. The largest absolute Gasteiger partial charge is 0.467 e. The molecule has 1 aliphatic rings. The fourth-order valence-electron chi connectivity index (χ4n) is 1.72. The Labute approximate surface area is 98.1 Å². The summed E-state index contributed by atoms with van der Waals surface area (Å²) in [6, 6.07) is 2.49. The van der Waals surface area contributed by atoms with Crippen molar-refractivity contribution in [1.82, 2.24) is 4.90 Å². The van der Waals surface area contributed by atoms with E-state index in [1.807, 2.05) is 0 Å². The number of ether oxygens (including phenoxy) is 2. The lowest BCUT2D eigenvalue weighted by atomic mass is 10.2. The van der Waals surface area contributed by atoms with Crippen LogP contribution in [-0.4, -0.2) is 49.7 Å². The van der Waals surface area contributed by atoms with Crippen LogP contribution in [0.2, 0.25) is 0 Å². The zero-order chi connectivity index (χ0) is 12.3. The van der Waals surface area contributed by atoms with Gasteiger partial charge in [0.1, 0.15) is 0 Å².